The lowest BCUT2D eigenvalue weighted by Gasteiger charge is -2.25. The van der Waals surface area contributed by atoms with Gasteiger partial charge in [-0.3, -0.25) is 0 Å². The van der Waals surface area contributed by atoms with E-state index in [1.165, 1.54) is 12.0 Å². The molecule has 0 bridgehead atoms. The van der Waals surface area contributed by atoms with Crippen molar-refractivity contribution < 1.29 is 4.74 Å². The average molecular weight is 328 g/mol. The van der Waals surface area contributed by atoms with E-state index in [1.54, 1.807) is 0 Å². The number of benzene rings is 1. The molecular weight excluding hydrogens is 302 g/mol. The van der Waals surface area contributed by atoms with Crippen molar-refractivity contribution >= 4 is 15.9 Å². The summed E-state index contributed by atoms with van der Waals surface area (Å²) in [4.78, 5) is 0. The molecule has 1 N–H and O–H groups in total. The van der Waals surface area contributed by atoms with Crippen molar-refractivity contribution in [2.75, 3.05) is 13.2 Å². The first-order valence-electron chi connectivity index (χ1n) is 7.29. The summed E-state index contributed by atoms with van der Waals surface area (Å²) in [6.45, 7) is 10.6. The third-order valence-electron chi connectivity index (χ3n) is 3.41. The van der Waals surface area contributed by atoms with Crippen molar-refractivity contribution in [2.24, 2.45) is 5.92 Å². The number of rotatable bonds is 8. The topological polar surface area (TPSA) is 21.3 Å². The van der Waals surface area contributed by atoms with Gasteiger partial charge in [0.25, 0.3) is 0 Å². The zero-order valence-electron chi connectivity index (χ0n) is 12.5. The number of hydrogen-bond acceptors (Lipinski definition) is 2. The van der Waals surface area contributed by atoms with E-state index in [1.807, 2.05) is 0 Å². The van der Waals surface area contributed by atoms with Crippen LogP contribution in [0, 0.1) is 5.92 Å². The van der Waals surface area contributed by atoms with E-state index in [0.717, 1.165) is 29.8 Å². The van der Waals surface area contributed by atoms with Crippen molar-refractivity contribution in [2.45, 2.75) is 46.6 Å². The van der Waals surface area contributed by atoms with Crippen molar-refractivity contribution in [1.29, 1.82) is 0 Å². The number of ether oxygens (including phenoxy) is 1. The van der Waals surface area contributed by atoms with Crippen LogP contribution in [0.15, 0.2) is 22.7 Å². The zero-order valence-corrected chi connectivity index (χ0v) is 14.1. The second-order valence-electron chi connectivity index (χ2n) is 4.96. The molecule has 2 unspecified atom stereocenters. The Kier molecular flexibility index (Phi) is 7.47. The Morgan fingerprint density at radius 2 is 2.00 bits per heavy atom. The lowest BCUT2D eigenvalue weighted by atomic mass is 9.92. The molecule has 0 saturated carbocycles. The summed E-state index contributed by atoms with van der Waals surface area (Å²) in [5.41, 5.74) is 1.33. The van der Waals surface area contributed by atoms with Gasteiger partial charge in [-0.05, 0) is 52.5 Å². The molecule has 0 radical (unpaired) electrons. The van der Waals surface area contributed by atoms with Gasteiger partial charge in [-0.2, -0.15) is 0 Å². The monoisotopic (exact) mass is 327 g/mol. The minimum Gasteiger partial charge on any atom is -0.492 e. The Hall–Kier alpha value is -0.540. The molecule has 0 saturated heterocycles. The quantitative estimate of drug-likeness (QED) is 0.730. The van der Waals surface area contributed by atoms with Crippen molar-refractivity contribution in [3.8, 4) is 5.75 Å². The molecule has 2 nitrogen and oxygen atoms in total. The second-order valence-corrected chi connectivity index (χ2v) is 5.81. The van der Waals surface area contributed by atoms with E-state index in [2.05, 4.69) is 67.1 Å². The van der Waals surface area contributed by atoms with E-state index < -0.39 is 0 Å². The first-order chi connectivity index (χ1) is 9.13. The molecular formula is C16H26BrNO. The predicted octanol–water partition coefficient (Wildman–Crippen LogP) is 4.93. The summed E-state index contributed by atoms with van der Waals surface area (Å²) in [5.74, 6) is 1.55. The molecule has 0 aliphatic carbocycles. The molecule has 0 aliphatic heterocycles. The highest BCUT2D eigenvalue weighted by Crippen LogP contribution is 2.31. The van der Waals surface area contributed by atoms with E-state index in [9.17, 15) is 0 Å². The summed E-state index contributed by atoms with van der Waals surface area (Å²) in [5, 5.41) is 3.58. The Labute approximate surface area is 126 Å². The first-order valence-corrected chi connectivity index (χ1v) is 8.08. The number of hydrogen-bond donors (Lipinski definition) is 1. The Morgan fingerprint density at radius 3 is 2.53 bits per heavy atom. The zero-order chi connectivity index (χ0) is 14.3. The number of nitrogens with one attached hydrogen (secondary N) is 1. The molecule has 0 fully saturated rings. The first kappa shape index (κ1) is 16.5. The van der Waals surface area contributed by atoms with Gasteiger partial charge in [0.15, 0.2) is 0 Å². The van der Waals surface area contributed by atoms with Crippen molar-refractivity contribution in [1.82, 2.24) is 5.32 Å². The normalized spacial score (nSPS) is 14.2. The fourth-order valence-corrected chi connectivity index (χ4v) is 2.65. The largest absolute Gasteiger partial charge is 0.492 e. The maximum absolute atomic E-state index is 5.70. The van der Waals surface area contributed by atoms with Crippen LogP contribution in [0.3, 0.4) is 0 Å². The van der Waals surface area contributed by atoms with Crippen LogP contribution in [0.25, 0.3) is 0 Å². The molecule has 0 amide bonds. The van der Waals surface area contributed by atoms with Gasteiger partial charge >= 0.3 is 0 Å². The SMILES string of the molecule is CCCOc1ccc(C(NCC)C(C)CC)cc1Br. The van der Waals surface area contributed by atoms with Crippen LogP contribution in [0.4, 0.5) is 0 Å². The molecule has 1 aromatic carbocycles. The maximum Gasteiger partial charge on any atom is 0.133 e. The van der Waals surface area contributed by atoms with E-state index in [4.69, 9.17) is 4.74 Å². The van der Waals surface area contributed by atoms with Crippen LogP contribution < -0.4 is 10.1 Å². The van der Waals surface area contributed by atoms with Crippen LogP contribution in [-0.2, 0) is 0 Å². The van der Waals surface area contributed by atoms with Crippen LogP contribution >= 0.6 is 15.9 Å². The Bertz CT molecular complexity index is 381. The van der Waals surface area contributed by atoms with Gasteiger partial charge in [0.05, 0.1) is 11.1 Å². The molecule has 3 heteroatoms. The third-order valence-corrected chi connectivity index (χ3v) is 4.03. The summed E-state index contributed by atoms with van der Waals surface area (Å²) >= 11 is 3.62. The van der Waals surface area contributed by atoms with Gasteiger partial charge in [0.2, 0.25) is 0 Å². The number of halogens is 1. The van der Waals surface area contributed by atoms with Gasteiger partial charge in [-0.25, -0.2) is 0 Å². The van der Waals surface area contributed by atoms with Gasteiger partial charge in [-0.15, -0.1) is 0 Å². The third kappa shape index (κ3) is 4.81. The van der Waals surface area contributed by atoms with Gasteiger partial charge in [0.1, 0.15) is 5.75 Å². The van der Waals surface area contributed by atoms with Crippen molar-refractivity contribution in [3.63, 3.8) is 0 Å². The molecule has 2 atom stereocenters. The summed E-state index contributed by atoms with van der Waals surface area (Å²) in [6, 6.07) is 6.84. The van der Waals surface area contributed by atoms with Crippen LogP contribution in [0.5, 0.6) is 5.75 Å². The molecule has 0 spiro atoms. The smallest absolute Gasteiger partial charge is 0.133 e. The van der Waals surface area contributed by atoms with Gasteiger partial charge in [0, 0.05) is 6.04 Å². The minimum atomic E-state index is 0.409. The average Bonchev–Trinajstić information content (AvgIpc) is 2.42. The van der Waals surface area contributed by atoms with E-state index >= 15 is 0 Å². The van der Waals surface area contributed by atoms with Crippen LogP contribution in [0.2, 0.25) is 0 Å². The Morgan fingerprint density at radius 1 is 1.26 bits per heavy atom. The fourth-order valence-electron chi connectivity index (χ4n) is 2.14. The molecule has 1 rings (SSSR count). The van der Waals surface area contributed by atoms with Crippen molar-refractivity contribution in [3.05, 3.63) is 28.2 Å². The molecule has 0 aliphatic rings. The maximum atomic E-state index is 5.70. The molecule has 1 aromatic rings. The summed E-state index contributed by atoms with van der Waals surface area (Å²) in [7, 11) is 0. The second kappa shape index (κ2) is 8.60. The molecule has 108 valence electrons. The van der Waals surface area contributed by atoms with Gasteiger partial charge < -0.3 is 10.1 Å². The fraction of sp³-hybridized carbons (Fsp3) is 0.625. The summed E-state index contributed by atoms with van der Waals surface area (Å²) < 4.78 is 6.75. The highest BCUT2D eigenvalue weighted by Gasteiger charge is 2.17. The van der Waals surface area contributed by atoms with Gasteiger partial charge in [-0.1, -0.05) is 40.2 Å². The standard InChI is InChI=1S/C16H26BrNO/c1-5-10-19-15-9-8-13(11-14(15)17)16(18-7-3)12(4)6-2/h8-9,11-12,16,18H,5-7,10H2,1-4H3. The van der Waals surface area contributed by atoms with Crippen LogP contribution in [-0.4, -0.2) is 13.2 Å². The minimum absolute atomic E-state index is 0.409. The van der Waals surface area contributed by atoms with E-state index in [-0.39, 0.29) is 0 Å². The Balaban J connectivity index is 2.89. The molecule has 19 heavy (non-hydrogen) atoms. The highest BCUT2D eigenvalue weighted by molar-refractivity contribution is 9.10. The molecule has 0 aromatic heterocycles. The predicted molar refractivity (Wildman–Crippen MR) is 85.8 cm³/mol. The lowest BCUT2D eigenvalue weighted by molar-refractivity contribution is 0.315. The van der Waals surface area contributed by atoms with Crippen LogP contribution in [0.1, 0.15) is 52.1 Å². The highest BCUT2D eigenvalue weighted by atomic mass is 79.9. The summed E-state index contributed by atoms with van der Waals surface area (Å²) in [6.07, 6.45) is 2.20. The molecule has 0 heterocycles. The lowest BCUT2D eigenvalue weighted by Crippen LogP contribution is -2.26. The van der Waals surface area contributed by atoms with E-state index in [0.29, 0.717) is 12.0 Å².